The highest BCUT2D eigenvalue weighted by molar-refractivity contribution is 6.31. The van der Waals surface area contributed by atoms with Crippen LogP contribution in [0, 0.1) is 5.82 Å². The third-order valence-corrected chi connectivity index (χ3v) is 7.62. The molecule has 3 aromatic carbocycles. The minimum absolute atomic E-state index is 0.00799. The normalized spacial score (nSPS) is 13.9. The molecule has 6 rings (SSSR count). The molecule has 5 aromatic rings. The second-order valence-electron chi connectivity index (χ2n) is 9.57. The summed E-state index contributed by atoms with van der Waals surface area (Å²) in [5.74, 6) is 0.761. The van der Waals surface area contributed by atoms with Crippen molar-refractivity contribution in [2.75, 3.05) is 31.1 Å². The summed E-state index contributed by atoms with van der Waals surface area (Å²) in [4.78, 5) is 30.3. The molecule has 1 amide bonds. The minimum Gasteiger partial charge on any atom is -0.366 e. The zero-order chi connectivity index (χ0) is 26.9. The van der Waals surface area contributed by atoms with E-state index >= 15 is 0 Å². The molecule has 39 heavy (non-hydrogen) atoms. The second-order valence-corrected chi connectivity index (χ2v) is 9.98. The van der Waals surface area contributed by atoms with Crippen LogP contribution in [0.5, 0.6) is 0 Å². The summed E-state index contributed by atoms with van der Waals surface area (Å²) in [5, 5.41) is 9.85. The zero-order valence-corrected chi connectivity index (χ0v) is 21.9. The number of aryl methyl sites for hydroxylation is 1. The average molecular weight is 545 g/mol. The van der Waals surface area contributed by atoms with Crippen molar-refractivity contribution in [1.82, 2.24) is 24.1 Å². The van der Waals surface area contributed by atoms with Crippen molar-refractivity contribution in [2.24, 2.45) is 0 Å². The number of hydrogen-bond donors (Lipinski definition) is 0. The number of carbonyl (C=O) groups is 1. The van der Waals surface area contributed by atoms with E-state index in [9.17, 15) is 14.0 Å². The number of halogens is 2. The van der Waals surface area contributed by atoms with E-state index in [2.05, 4.69) is 10.2 Å². The van der Waals surface area contributed by atoms with Gasteiger partial charge in [-0.05, 0) is 35.9 Å². The molecule has 0 spiro atoms. The maximum atomic E-state index is 14.2. The summed E-state index contributed by atoms with van der Waals surface area (Å²) in [5.41, 5.74) is 1.88. The Bertz CT molecular complexity index is 1740. The molecule has 1 saturated heterocycles. The fourth-order valence-corrected chi connectivity index (χ4v) is 5.39. The number of aromatic nitrogens is 4. The lowest BCUT2D eigenvalue weighted by atomic mass is 10.2. The van der Waals surface area contributed by atoms with Gasteiger partial charge in [-0.15, -0.1) is 10.2 Å². The van der Waals surface area contributed by atoms with Crippen molar-refractivity contribution in [1.29, 1.82) is 0 Å². The monoisotopic (exact) mass is 544 g/mol. The van der Waals surface area contributed by atoms with E-state index in [1.165, 1.54) is 6.07 Å². The predicted octanol–water partition coefficient (Wildman–Crippen LogP) is 4.17. The SMILES string of the molecule is O=C(CCc1nnc2n(Cc3ccccc3Cl)c(=O)c3ccccc3n12)N1CCN(c2ccccc2F)CC1. The van der Waals surface area contributed by atoms with Gasteiger partial charge in [0.2, 0.25) is 11.7 Å². The molecule has 2 aromatic heterocycles. The summed E-state index contributed by atoms with van der Waals surface area (Å²) in [6.07, 6.45) is 0.611. The number of amides is 1. The van der Waals surface area contributed by atoms with Crippen LogP contribution in [0.15, 0.2) is 77.6 Å². The maximum Gasteiger partial charge on any atom is 0.263 e. The largest absolute Gasteiger partial charge is 0.366 e. The lowest BCUT2D eigenvalue weighted by molar-refractivity contribution is -0.131. The van der Waals surface area contributed by atoms with Crippen LogP contribution in [0.3, 0.4) is 0 Å². The highest BCUT2D eigenvalue weighted by atomic mass is 35.5. The molecule has 0 atom stereocenters. The van der Waals surface area contributed by atoms with E-state index in [1.807, 2.05) is 56.7 Å². The molecule has 1 aliphatic heterocycles. The number of nitrogens with zero attached hydrogens (tertiary/aromatic N) is 6. The van der Waals surface area contributed by atoms with Gasteiger partial charge in [0, 0.05) is 44.0 Å². The molecule has 0 saturated carbocycles. The molecule has 8 nitrogen and oxygen atoms in total. The van der Waals surface area contributed by atoms with Crippen molar-refractivity contribution in [3.63, 3.8) is 0 Å². The quantitative estimate of drug-likeness (QED) is 0.321. The number of para-hydroxylation sites is 2. The maximum absolute atomic E-state index is 14.2. The van der Waals surface area contributed by atoms with Crippen LogP contribution in [0.4, 0.5) is 10.1 Å². The molecule has 0 radical (unpaired) electrons. The van der Waals surface area contributed by atoms with Crippen molar-refractivity contribution in [3.8, 4) is 0 Å². The van der Waals surface area contributed by atoms with Gasteiger partial charge in [-0.2, -0.15) is 0 Å². The van der Waals surface area contributed by atoms with E-state index in [0.29, 0.717) is 65.8 Å². The number of fused-ring (bicyclic) bond motifs is 3. The Morgan fingerprint density at radius 1 is 0.897 bits per heavy atom. The molecule has 1 fully saturated rings. The third-order valence-electron chi connectivity index (χ3n) is 7.25. The fraction of sp³-hybridized carbons (Fsp3) is 0.241. The first-order valence-corrected chi connectivity index (χ1v) is 13.3. The highest BCUT2D eigenvalue weighted by Gasteiger charge is 2.24. The Kier molecular flexibility index (Phi) is 6.74. The van der Waals surface area contributed by atoms with Crippen LogP contribution >= 0.6 is 11.6 Å². The standard InChI is InChI=1S/C29H26ClFN6O2/c30-22-9-3-1-7-20(22)19-36-28(39)21-8-2-5-11-24(21)37-26(32-33-29(36)37)13-14-27(38)35-17-15-34(16-18-35)25-12-6-4-10-23(25)31/h1-12H,13-19H2. The minimum atomic E-state index is -0.254. The molecule has 1 aliphatic rings. The van der Waals surface area contributed by atoms with Gasteiger partial charge in [-0.25, -0.2) is 4.39 Å². The third kappa shape index (κ3) is 4.74. The Morgan fingerprint density at radius 2 is 1.62 bits per heavy atom. The zero-order valence-electron chi connectivity index (χ0n) is 21.1. The van der Waals surface area contributed by atoms with Gasteiger partial charge >= 0.3 is 0 Å². The molecule has 0 aliphatic carbocycles. The number of benzene rings is 3. The summed E-state index contributed by atoms with van der Waals surface area (Å²) in [6.45, 7) is 2.43. The van der Waals surface area contributed by atoms with E-state index in [1.54, 1.807) is 28.8 Å². The van der Waals surface area contributed by atoms with Gasteiger partial charge in [-0.3, -0.25) is 18.6 Å². The van der Waals surface area contributed by atoms with Crippen LogP contribution in [-0.2, 0) is 17.8 Å². The highest BCUT2D eigenvalue weighted by Crippen LogP contribution is 2.22. The molecular formula is C29H26ClFN6O2. The first-order valence-electron chi connectivity index (χ1n) is 12.9. The van der Waals surface area contributed by atoms with Gasteiger partial charge in [0.1, 0.15) is 11.6 Å². The fourth-order valence-electron chi connectivity index (χ4n) is 5.20. The Morgan fingerprint density at radius 3 is 2.41 bits per heavy atom. The van der Waals surface area contributed by atoms with E-state index in [-0.39, 0.29) is 30.2 Å². The Balaban J connectivity index is 1.24. The van der Waals surface area contributed by atoms with Gasteiger partial charge < -0.3 is 9.80 Å². The molecule has 3 heterocycles. The lowest BCUT2D eigenvalue weighted by Gasteiger charge is -2.36. The van der Waals surface area contributed by atoms with Gasteiger partial charge in [0.25, 0.3) is 5.56 Å². The molecule has 198 valence electrons. The summed E-state index contributed by atoms with van der Waals surface area (Å²) < 4.78 is 17.6. The number of rotatable bonds is 6. The molecule has 0 unspecified atom stereocenters. The smallest absolute Gasteiger partial charge is 0.263 e. The van der Waals surface area contributed by atoms with Crippen molar-refractivity contribution in [3.05, 3.63) is 105 Å². The number of anilines is 1. The van der Waals surface area contributed by atoms with Crippen LogP contribution in [-0.4, -0.2) is 56.2 Å². The number of carbonyl (C=O) groups excluding carboxylic acids is 1. The van der Waals surface area contributed by atoms with Crippen molar-refractivity contribution < 1.29 is 9.18 Å². The van der Waals surface area contributed by atoms with Crippen LogP contribution in [0.2, 0.25) is 5.02 Å². The van der Waals surface area contributed by atoms with E-state index in [4.69, 9.17) is 11.6 Å². The molecule has 0 N–H and O–H groups in total. The van der Waals surface area contributed by atoms with Crippen LogP contribution < -0.4 is 10.5 Å². The van der Waals surface area contributed by atoms with Gasteiger partial charge in [0.05, 0.1) is 23.1 Å². The summed E-state index contributed by atoms with van der Waals surface area (Å²) in [7, 11) is 0. The van der Waals surface area contributed by atoms with Crippen LogP contribution in [0.25, 0.3) is 16.7 Å². The average Bonchev–Trinajstić information content (AvgIpc) is 3.39. The number of piperazine rings is 1. The topological polar surface area (TPSA) is 75.7 Å². The van der Waals surface area contributed by atoms with E-state index < -0.39 is 0 Å². The Labute approximate surface area is 228 Å². The van der Waals surface area contributed by atoms with E-state index in [0.717, 1.165) is 5.56 Å². The summed E-state index contributed by atoms with van der Waals surface area (Å²) >= 11 is 6.39. The van der Waals surface area contributed by atoms with Crippen LogP contribution in [0.1, 0.15) is 17.8 Å². The molecule has 0 bridgehead atoms. The van der Waals surface area contributed by atoms with Gasteiger partial charge in [-0.1, -0.05) is 54.1 Å². The Hall–Kier alpha value is -4.24. The number of hydrogen-bond acceptors (Lipinski definition) is 5. The first kappa shape index (κ1) is 25.1. The molecule has 10 heteroatoms. The predicted molar refractivity (Wildman–Crippen MR) is 149 cm³/mol. The van der Waals surface area contributed by atoms with Gasteiger partial charge in [0.15, 0.2) is 0 Å². The van der Waals surface area contributed by atoms with Crippen molar-refractivity contribution in [2.45, 2.75) is 19.4 Å². The lowest BCUT2D eigenvalue weighted by Crippen LogP contribution is -2.49. The van der Waals surface area contributed by atoms with Crippen molar-refractivity contribution >= 4 is 39.9 Å². The summed E-state index contributed by atoms with van der Waals surface area (Å²) in [6, 6.07) is 21.4. The first-order chi connectivity index (χ1) is 19.0. The second kappa shape index (κ2) is 10.5. The molecular weight excluding hydrogens is 519 g/mol.